The molecule has 4 heteroatoms. The van der Waals surface area contributed by atoms with Gasteiger partial charge in [0.05, 0.1) is 12.9 Å². The third-order valence-electron chi connectivity index (χ3n) is 8.85. The highest BCUT2D eigenvalue weighted by Crippen LogP contribution is 2.41. The second-order valence-corrected chi connectivity index (χ2v) is 11.0. The lowest BCUT2D eigenvalue weighted by Gasteiger charge is -2.37. The number of aryl methyl sites for hydroxylation is 1. The van der Waals surface area contributed by atoms with Crippen molar-refractivity contribution in [2.75, 3.05) is 6.61 Å². The minimum atomic E-state index is -0.848. The Hall–Kier alpha value is -1.58. The van der Waals surface area contributed by atoms with Crippen molar-refractivity contribution in [1.29, 1.82) is 0 Å². The van der Waals surface area contributed by atoms with Crippen molar-refractivity contribution < 1.29 is 18.3 Å². The van der Waals surface area contributed by atoms with E-state index in [9.17, 15) is 8.78 Å². The summed E-state index contributed by atoms with van der Waals surface area (Å²) in [5.41, 5.74) is 2.00. The number of rotatable bonds is 9. The Labute approximate surface area is 205 Å². The van der Waals surface area contributed by atoms with Gasteiger partial charge in [-0.15, -0.1) is 0 Å². The molecule has 2 nitrogen and oxygen atoms in total. The van der Waals surface area contributed by atoms with Gasteiger partial charge in [-0.1, -0.05) is 38.7 Å². The lowest BCUT2D eigenvalue weighted by Crippen LogP contribution is -2.30. The normalized spacial score (nSPS) is 29.9. The summed E-state index contributed by atoms with van der Waals surface area (Å²) in [6.07, 6.45) is 19.4. The van der Waals surface area contributed by atoms with E-state index >= 15 is 0 Å². The van der Waals surface area contributed by atoms with E-state index in [2.05, 4.69) is 13.2 Å². The maximum Gasteiger partial charge on any atom is 0.200 e. The summed E-state index contributed by atoms with van der Waals surface area (Å²) in [6.45, 7) is 4.41. The molecule has 1 aromatic carbocycles. The van der Waals surface area contributed by atoms with Crippen LogP contribution in [0.1, 0.15) is 103 Å². The number of halogens is 2. The van der Waals surface area contributed by atoms with Crippen molar-refractivity contribution in [2.24, 2.45) is 23.7 Å². The number of hydrogen-bond acceptors (Lipinski definition) is 2. The highest BCUT2D eigenvalue weighted by Gasteiger charge is 2.32. The molecule has 2 saturated carbocycles. The quantitative estimate of drug-likeness (QED) is 0.356. The van der Waals surface area contributed by atoms with Crippen LogP contribution in [0.4, 0.5) is 8.78 Å². The monoisotopic (exact) mass is 474 g/mol. The molecule has 0 bridgehead atoms. The van der Waals surface area contributed by atoms with Crippen LogP contribution < -0.4 is 4.74 Å². The van der Waals surface area contributed by atoms with E-state index in [0.29, 0.717) is 36.5 Å². The Balaban J connectivity index is 1.19. The molecule has 1 heterocycles. The topological polar surface area (TPSA) is 18.5 Å². The molecular weight excluding hydrogens is 430 g/mol. The fourth-order valence-corrected chi connectivity index (χ4v) is 6.73. The molecular formula is C30H44F2O2. The second kappa shape index (κ2) is 12.4. The van der Waals surface area contributed by atoms with Gasteiger partial charge in [-0.25, -0.2) is 4.39 Å². The summed E-state index contributed by atoms with van der Waals surface area (Å²) in [5.74, 6) is 1.39. The van der Waals surface area contributed by atoms with Gasteiger partial charge in [-0.2, -0.15) is 4.39 Å². The van der Waals surface area contributed by atoms with Crippen molar-refractivity contribution in [1.82, 2.24) is 0 Å². The van der Waals surface area contributed by atoms with Gasteiger partial charge >= 0.3 is 0 Å². The van der Waals surface area contributed by atoms with Crippen molar-refractivity contribution in [3.63, 3.8) is 0 Å². The smallest absolute Gasteiger partial charge is 0.200 e. The summed E-state index contributed by atoms with van der Waals surface area (Å²) in [6, 6.07) is 3.25. The maximum atomic E-state index is 14.4. The van der Waals surface area contributed by atoms with Crippen molar-refractivity contribution in [3.8, 4) is 5.75 Å². The SMILES string of the molecule is CCCC1CCC(C2CCC(C3CCC(CCc4ccc(OCC)c(F)c4F)CC3)=CO2)CC1. The Morgan fingerprint density at radius 3 is 2.21 bits per heavy atom. The van der Waals surface area contributed by atoms with Gasteiger partial charge in [0.2, 0.25) is 5.82 Å². The minimum Gasteiger partial charge on any atom is -0.498 e. The second-order valence-electron chi connectivity index (χ2n) is 11.0. The minimum absolute atomic E-state index is 0.0126. The molecule has 1 unspecified atom stereocenters. The fraction of sp³-hybridized carbons (Fsp3) is 0.733. The average molecular weight is 475 g/mol. The number of ether oxygens (including phenoxy) is 2. The van der Waals surface area contributed by atoms with Gasteiger partial charge in [-0.05, 0) is 112 Å². The Morgan fingerprint density at radius 1 is 0.853 bits per heavy atom. The van der Waals surface area contributed by atoms with E-state index in [1.807, 2.05) is 0 Å². The largest absolute Gasteiger partial charge is 0.498 e. The van der Waals surface area contributed by atoms with Gasteiger partial charge in [0, 0.05) is 0 Å². The van der Waals surface area contributed by atoms with Gasteiger partial charge in [0.1, 0.15) is 6.10 Å². The van der Waals surface area contributed by atoms with Gasteiger partial charge in [-0.3, -0.25) is 0 Å². The first-order valence-corrected chi connectivity index (χ1v) is 14.0. The summed E-state index contributed by atoms with van der Waals surface area (Å²) in [5, 5.41) is 0. The molecule has 0 N–H and O–H groups in total. The zero-order chi connectivity index (χ0) is 23.9. The van der Waals surface area contributed by atoms with Gasteiger partial charge in [0.25, 0.3) is 0 Å². The highest BCUT2D eigenvalue weighted by atomic mass is 19.2. The molecule has 190 valence electrons. The molecule has 0 spiro atoms. The van der Waals surface area contributed by atoms with Crippen LogP contribution in [0.5, 0.6) is 5.75 Å². The number of benzene rings is 1. The van der Waals surface area contributed by atoms with Crippen LogP contribution in [-0.2, 0) is 11.2 Å². The first-order valence-electron chi connectivity index (χ1n) is 14.0. The van der Waals surface area contributed by atoms with E-state index in [1.165, 1.54) is 82.6 Å². The summed E-state index contributed by atoms with van der Waals surface area (Å²) in [4.78, 5) is 0. The Bertz CT molecular complexity index is 804. The average Bonchev–Trinajstić information content (AvgIpc) is 2.88. The standard InChI is InChI=1S/C30H44F2O2/c1-3-5-21-8-13-24(14-9-21)27-18-17-26(20-34-27)23-11-6-22(7-12-23)10-15-25-16-19-28(33-4-2)30(32)29(25)31/h16,19-24,27H,3-15,17-18H2,1-2H3. The molecule has 0 amide bonds. The number of allylic oxidation sites excluding steroid dienone is 1. The Kier molecular flexibility index (Phi) is 9.31. The molecule has 0 saturated heterocycles. The van der Waals surface area contributed by atoms with Gasteiger partial charge in [0.15, 0.2) is 11.6 Å². The maximum absolute atomic E-state index is 14.4. The molecule has 2 aliphatic carbocycles. The molecule has 4 rings (SSSR count). The van der Waals surface area contributed by atoms with E-state index in [1.54, 1.807) is 19.1 Å². The summed E-state index contributed by atoms with van der Waals surface area (Å²) < 4.78 is 40.0. The number of hydrogen-bond donors (Lipinski definition) is 0. The summed E-state index contributed by atoms with van der Waals surface area (Å²) >= 11 is 0. The first kappa shape index (κ1) is 25.5. The molecule has 0 aromatic heterocycles. The van der Waals surface area contributed by atoms with Crippen LogP contribution in [0.3, 0.4) is 0 Å². The molecule has 1 aliphatic heterocycles. The molecule has 3 aliphatic rings. The zero-order valence-corrected chi connectivity index (χ0v) is 21.3. The lowest BCUT2D eigenvalue weighted by molar-refractivity contribution is 0.0361. The third-order valence-corrected chi connectivity index (χ3v) is 8.85. The van der Waals surface area contributed by atoms with Crippen molar-refractivity contribution >= 4 is 0 Å². The van der Waals surface area contributed by atoms with E-state index in [-0.39, 0.29) is 5.75 Å². The van der Waals surface area contributed by atoms with Crippen LogP contribution in [0.25, 0.3) is 0 Å². The zero-order valence-electron chi connectivity index (χ0n) is 21.3. The predicted octanol–water partition coefficient (Wildman–Crippen LogP) is 8.77. The van der Waals surface area contributed by atoms with Crippen LogP contribution in [0, 0.1) is 35.3 Å². The summed E-state index contributed by atoms with van der Waals surface area (Å²) in [7, 11) is 0. The van der Waals surface area contributed by atoms with Crippen LogP contribution in [0.15, 0.2) is 24.0 Å². The fourth-order valence-electron chi connectivity index (χ4n) is 6.73. The van der Waals surface area contributed by atoms with Crippen LogP contribution in [-0.4, -0.2) is 12.7 Å². The molecule has 2 fully saturated rings. The first-order chi connectivity index (χ1) is 16.6. The van der Waals surface area contributed by atoms with Crippen LogP contribution in [0.2, 0.25) is 0 Å². The van der Waals surface area contributed by atoms with E-state index in [4.69, 9.17) is 9.47 Å². The molecule has 1 aromatic rings. The van der Waals surface area contributed by atoms with Crippen molar-refractivity contribution in [3.05, 3.63) is 41.2 Å². The third kappa shape index (κ3) is 6.34. The van der Waals surface area contributed by atoms with Gasteiger partial charge < -0.3 is 9.47 Å². The predicted molar refractivity (Wildman–Crippen MR) is 134 cm³/mol. The molecule has 0 radical (unpaired) electrons. The van der Waals surface area contributed by atoms with Crippen molar-refractivity contribution in [2.45, 2.75) is 110 Å². The van der Waals surface area contributed by atoms with Crippen LogP contribution >= 0.6 is 0 Å². The van der Waals surface area contributed by atoms with E-state index in [0.717, 1.165) is 18.3 Å². The Morgan fingerprint density at radius 2 is 1.56 bits per heavy atom. The highest BCUT2D eigenvalue weighted by molar-refractivity contribution is 5.31. The lowest BCUT2D eigenvalue weighted by atomic mass is 9.73. The molecule has 34 heavy (non-hydrogen) atoms. The van der Waals surface area contributed by atoms with E-state index < -0.39 is 11.6 Å². The molecule has 1 atom stereocenters.